The molecule has 4 aromatic rings. The number of piperidine rings is 1. The van der Waals surface area contributed by atoms with E-state index in [0.717, 1.165) is 30.9 Å². The summed E-state index contributed by atoms with van der Waals surface area (Å²) in [4.78, 5) is 24.0. The van der Waals surface area contributed by atoms with E-state index in [2.05, 4.69) is 26.7 Å². The first-order valence-electron chi connectivity index (χ1n) is 14.9. The van der Waals surface area contributed by atoms with E-state index in [1.165, 1.54) is 31.4 Å². The van der Waals surface area contributed by atoms with Gasteiger partial charge in [-0.3, -0.25) is 9.69 Å². The average Bonchev–Trinajstić information content (AvgIpc) is 3.64. The highest BCUT2D eigenvalue weighted by Crippen LogP contribution is 2.33. The number of rotatable bonds is 8. The lowest BCUT2D eigenvalue weighted by molar-refractivity contribution is -0.129. The minimum atomic E-state index is -3.85. The van der Waals surface area contributed by atoms with Crippen molar-refractivity contribution in [2.24, 2.45) is 4.99 Å². The number of carbonyl (C=O) groups is 1. The SMILES string of the molecule is CC(=O)N1CCC(NS(=O)(=O)c2ccc3[nH]c(O)c(C(=Nc4ccc(CN5CCCC5)cc4)c4ccccc4)c3c2)CC1. The number of likely N-dealkylation sites (tertiary alicyclic amines) is 2. The van der Waals surface area contributed by atoms with Crippen LogP contribution in [0.4, 0.5) is 5.69 Å². The lowest BCUT2D eigenvalue weighted by atomic mass is 10.0. The van der Waals surface area contributed by atoms with Gasteiger partial charge in [-0.1, -0.05) is 42.5 Å². The summed E-state index contributed by atoms with van der Waals surface area (Å²) in [6, 6.07) is 22.3. The number of sulfonamides is 1. The van der Waals surface area contributed by atoms with E-state index in [0.29, 0.717) is 48.1 Å². The van der Waals surface area contributed by atoms with Crippen LogP contribution < -0.4 is 4.72 Å². The van der Waals surface area contributed by atoms with Crippen LogP contribution in [0.25, 0.3) is 10.9 Å². The smallest absolute Gasteiger partial charge is 0.240 e. The Morgan fingerprint density at radius 1 is 0.977 bits per heavy atom. The monoisotopic (exact) mass is 599 g/mol. The van der Waals surface area contributed by atoms with Gasteiger partial charge in [0.25, 0.3) is 0 Å². The molecule has 43 heavy (non-hydrogen) atoms. The minimum Gasteiger partial charge on any atom is -0.494 e. The van der Waals surface area contributed by atoms with E-state index >= 15 is 0 Å². The topological polar surface area (TPSA) is 118 Å². The van der Waals surface area contributed by atoms with Crippen molar-refractivity contribution in [1.29, 1.82) is 0 Å². The molecule has 3 heterocycles. The number of carbonyl (C=O) groups excluding carboxylic acids is 1. The second kappa shape index (κ2) is 12.3. The highest BCUT2D eigenvalue weighted by molar-refractivity contribution is 7.89. The van der Waals surface area contributed by atoms with Crippen molar-refractivity contribution in [3.05, 3.63) is 89.5 Å². The van der Waals surface area contributed by atoms with Crippen molar-refractivity contribution in [3.63, 3.8) is 0 Å². The number of amides is 1. The summed E-state index contributed by atoms with van der Waals surface area (Å²) in [5.41, 5.74) is 4.34. The zero-order valence-corrected chi connectivity index (χ0v) is 25.1. The Hall–Kier alpha value is -3.99. The van der Waals surface area contributed by atoms with Crippen LogP contribution in [0.3, 0.4) is 0 Å². The van der Waals surface area contributed by atoms with Crippen LogP contribution in [-0.2, 0) is 21.4 Å². The van der Waals surface area contributed by atoms with Crippen LogP contribution in [0.2, 0.25) is 0 Å². The third-order valence-corrected chi connectivity index (χ3v) is 9.91. The number of H-pyrrole nitrogens is 1. The van der Waals surface area contributed by atoms with Gasteiger partial charge in [0, 0.05) is 49.1 Å². The van der Waals surface area contributed by atoms with Gasteiger partial charge in [0.15, 0.2) is 5.88 Å². The molecule has 2 aliphatic rings. The number of aromatic amines is 1. The maximum atomic E-state index is 13.5. The molecule has 1 amide bonds. The first-order chi connectivity index (χ1) is 20.8. The zero-order chi connectivity index (χ0) is 30.0. The molecule has 0 saturated carbocycles. The maximum absolute atomic E-state index is 13.5. The lowest BCUT2D eigenvalue weighted by Crippen LogP contribution is -2.45. The summed E-state index contributed by atoms with van der Waals surface area (Å²) in [6.07, 6.45) is 3.60. The normalized spacial score (nSPS) is 17.1. The van der Waals surface area contributed by atoms with Crippen molar-refractivity contribution in [1.82, 2.24) is 19.5 Å². The van der Waals surface area contributed by atoms with Crippen LogP contribution >= 0.6 is 0 Å². The van der Waals surface area contributed by atoms with Gasteiger partial charge < -0.3 is 15.0 Å². The van der Waals surface area contributed by atoms with Gasteiger partial charge >= 0.3 is 0 Å². The molecule has 2 aliphatic heterocycles. The molecular weight excluding hydrogens is 562 g/mol. The molecule has 2 fully saturated rings. The van der Waals surface area contributed by atoms with E-state index < -0.39 is 10.0 Å². The molecule has 2 saturated heterocycles. The molecule has 0 radical (unpaired) electrons. The van der Waals surface area contributed by atoms with E-state index in [1.54, 1.807) is 17.0 Å². The van der Waals surface area contributed by atoms with Crippen molar-refractivity contribution in [3.8, 4) is 5.88 Å². The molecule has 0 bridgehead atoms. The number of aromatic nitrogens is 1. The molecule has 0 spiro atoms. The first-order valence-corrected chi connectivity index (χ1v) is 16.3. The second-order valence-electron chi connectivity index (χ2n) is 11.4. The van der Waals surface area contributed by atoms with Gasteiger partial charge in [-0.05, 0) is 74.7 Å². The Morgan fingerprint density at radius 3 is 2.35 bits per heavy atom. The number of aromatic hydroxyl groups is 1. The standard InChI is InChI=1S/C33H37N5O4S/c1-23(39)38-19-15-27(16-20-38)36-43(41,42)28-13-14-30-29(21-28)31(33(40)35-30)32(25-7-3-2-4-8-25)34-26-11-9-24(10-12-26)22-37-17-5-6-18-37/h2-4,7-14,21,27,35-36,40H,5-6,15-20,22H2,1H3. The van der Waals surface area contributed by atoms with Crippen molar-refractivity contribution in [2.75, 3.05) is 26.2 Å². The highest BCUT2D eigenvalue weighted by atomic mass is 32.2. The van der Waals surface area contributed by atoms with Gasteiger partial charge in [-0.25, -0.2) is 18.1 Å². The van der Waals surface area contributed by atoms with Crippen molar-refractivity contribution >= 4 is 38.2 Å². The van der Waals surface area contributed by atoms with E-state index in [1.807, 2.05) is 42.5 Å². The lowest BCUT2D eigenvalue weighted by Gasteiger charge is -2.31. The summed E-state index contributed by atoms with van der Waals surface area (Å²) in [5, 5.41) is 11.7. The van der Waals surface area contributed by atoms with Crippen LogP contribution in [-0.4, -0.2) is 72.1 Å². The van der Waals surface area contributed by atoms with Crippen LogP contribution in [0.5, 0.6) is 5.88 Å². The Balaban J connectivity index is 1.33. The maximum Gasteiger partial charge on any atom is 0.240 e. The summed E-state index contributed by atoms with van der Waals surface area (Å²) < 4.78 is 29.8. The van der Waals surface area contributed by atoms with Gasteiger partial charge in [0.05, 0.1) is 21.9 Å². The van der Waals surface area contributed by atoms with E-state index in [-0.39, 0.29) is 22.7 Å². The van der Waals surface area contributed by atoms with Gasteiger partial charge in [-0.2, -0.15) is 0 Å². The van der Waals surface area contributed by atoms with Crippen LogP contribution in [0.15, 0.2) is 82.7 Å². The number of hydrogen-bond donors (Lipinski definition) is 3. The summed E-state index contributed by atoms with van der Waals surface area (Å²) in [7, 11) is -3.85. The molecule has 0 unspecified atom stereocenters. The third-order valence-electron chi connectivity index (χ3n) is 8.39. The fourth-order valence-corrected chi connectivity index (χ4v) is 7.36. The molecule has 0 atom stereocenters. The number of fused-ring (bicyclic) bond motifs is 1. The van der Waals surface area contributed by atoms with Crippen LogP contribution in [0, 0.1) is 0 Å². The van der Waals surface area contributed by atoms with E-state index in [9.17, 15) is 18.3 Å². The largest absolute Gasteiger partial charge is 0.494 e. The van der Waals surface area contributed by atoms with Gasteiger partial charge in [-0.15, -0.1) is 0 Å². The first kappa shape index (κ1) is 29.1. The zero-order valence-electron chi connectivity index (χ0n) is 24.3. The predicted octanol–water partition coefficient (Wildman–Crippen LogP) is 4.93. The predicted molar refractivity (Wildman–Crippen MR) is 168 cm³/mol. The molecule has 10 heteroatoms. The summed E-state index contributed by atoms with van der Waals surface area (Å²) >= 11 is 0. The quantitative estimate of drug-likeness (QED) is 0.248. The van der Waals surface area contributed by atoms with Crippen molar-refractivity contribution < 1.29 is 18.3 Å². The number of benzene rings is 3. The number of aliphatic imine (C=N–C) groups is 1. The summed E-state index contributed by atoms with van der Waals surface area (Å²) in [6.45, 7) is 5.75. The van der Waals surface area contributed by atoms with Gasteiger partial charge in [0.2, 0.25) is 15.9 Å². The Kier molecular flexibility index (Phi) is 8.34. The average molecular weight is 600 g/mol. The minimum absolute atomic E-state index is 0.000427. The fraction of sp³-hybridized carbons (Fsp3) is 0.333. The van der Waals surface area contributed by atoms with Crippen molar-refractivity contribution in [2.45, 2.75) is 50.1 Å². The molecule has 9 nitrogen and oxygen atoms in total. The molecule has 224 valence electrons. The number of nitrogens with one attached hydrogen (secondary N) is 2. The molecule has 1 aromatic heterocycles. The van der Waals surface area contributed by atoms with Gasteiger partial charge in [0.1, 0.15) is 0 Å². The second-order valence-corrected chi connectivity index (χ2v) is 13.1. The molecule has 0 aliphatic carbocycles. The Bertz CT molecular complexity index is 1740. The Morgan fingerprint density at radius 2 is 1.67 bits per heavy atom. The number of hydrogen-bond acceptors (Lipinski definition) is 6. The molecule has 3 N–H and O–H groups in total. The molecular formula is C33H37N5O4S. The summed E-state index contributed by atoms with van der Waals surface area (Å²) in [5.74, 6) is -0.0807. The van der Waals surface area contributed by atoms with Crippen LogP contribution in [0.1, 0.15) is 49.3 Å². The highest BCUT2D eigenvalue weighted by Gasteiger charge is 2.27. The van der Waals surface area contributed by atoms with E-state index in [4.69, 9.17) is 4.99 Å². The fourth-order valence-electron chi connectivity index (χ4n) is 6.03. The number of nitrogens with zero attached hydrogens (tertiary/aromatic N) is 3. The third kappa shape index (κ3) is 6.51. The molecule has 3 aromatic carbocycles. The Labute approximate surface area is 252 Å². The molecule has 6 rings (SSSR count).